The summed E-state index contributed by atoms with van der Waals surface area (Å²) in [7, 11) is -0.226. The fraction of sp³-hybridized carbons (Fsp3) is 0.667. The third-order valence-electron chi connectivity index (χ3n) is 5.01. The van der Waals surface area contributed by atoms with Gasteiger partial charge in [-0.3, -0.25) is 0 Å². The first-order valence-corrected chi connectivity index (χ1v) is 10.5. The van der Waals surface area contributed by atoms with Crippen molar-refractivity contribution in [2.75, 3.05) is 13.7 Å². The van der Waals surface area contributed by atoms with E-state index in [0.717, 1.165) is 17.1 Å². The Labute approximate surface area is 136 Å². The third-order valence-corrected chi connectivity index (χ3v) is 11.1. The number of rotatable bonds is 6. The van der Waals surface area contributed by atoms with Crippen molar-refractivity contribution in [3.63, 3.8) is 0 Å². The van der Waals surface area contributed by atoms with E-state index in [0.29, 0.717) is 23.2 Å². The van der Waals surface area contributed by atoms with E-state index in [1.165, 1.54) is 0 Å². The lowest BCUT2D eigenvalue weighted by Gasteiger charge is -2.43. The Hall–Kier alpha value is -1.00. The first-order chi connectivity index (χ1) is 10.3. The lowest BCUT2D eigenvalue weighted by molar-refractivity contribution is 0.141. The van der Waals surface area contributed by atoms with Gasteiger partial charge in [0.2, 0.25) is 8.32 Å². The average Bonchev–Trinajstić information content (AvgIpc) is 2.86. The minimum absolute atomic E-state index is 0.0315. The molecular formula is C18H30O3Si. The van der Waals surface area contributed by atoms with Gasteiger partial charge >= 0.3 is 0 Å². The van der Waals surface area contributed by atoms with Gasteiger partial charge in [-0.25, -0.2) is 0 Å². The van der Waals surface area contributed by atoms with Crippen LogP contribution in [0.25, 0.3) is 0 Å². The Kier molecular flexibility index (Phi) is 5.23. The van der Waals surface area contributed by atoms with Crippen molar-refractivity contribution in [1.82, 2.24) is 0 Å². The zero-order chi connectivity index (χ0) is 16.5. The summed E-state index contributed by atoms with van der Waals surface area (Å²) in [6, 6.07) is 6.07. The van der Waals surface area contributed by atoms with E-state index >= 15 is 0 Å². The minimum Gasteiger partial charge on any atom is -0.493 e. The molecule has 2 rings (SSSR count). The van der Waals surface area contributed by atoms with Crippen LogP contribution in [0.3, 0.4) is 0 Å². The number of ether oxygens (including phenoxy) is 2. The molecule has 0 aliphatic carbocycles. The van der Waals surface area contributed by atoms with Crippen LogP contribution in [0.2, 0.25) is 16.6 Å². The van der Waals surface area contributed by atoms with Crippen LogP contribution in [0.5, 0.6) is 11.5 Å². The topological polar surface area (TPSA) is 27.7 Å². The number of hydrogen-bond acceptors (Lipinski definition) is 3. The van der Waals surface area contributed by atoms with Crippen molar-refractivity contribution < 1.29 is 13.9 Å². The van der Waals surface area contributed by atoms with E-state index < -0.39 is 8.32 Å². The molecule has 4 heteroatoms. The number of para-hydroxylation sites is 1. The molecule has 1 aliphatic heterocycles. The minimum atomic E-state index is -1.91. The Balaban J connectivity index is 2.35. The molecule has 1 unspecified atom stereocenters. The highest BCUT2D eigenvalue weighted by Crippen LogP contribution is 2.49. The molecule has 0 bridgehead atoms. The highest BCUT2D eigenvalue weighted by molar-refractivity contribution is 6.77. The summed E-state index contributed by atoms with van der Waals surface area (Å²) in [5, 5.41) is 0. The standard InChI is InChI=1S/C18H30O3Si/c1-12(2)22(13(3)4,14(5)6)21-17-11-20-18-15(17)9-8-10-16(18)19-7/h8-10,12-14,17H,11H2,1-7H3. The molecule has 0 fully saturated rings. The van der Waals surface area contributed by atoms with Crippen LogP contribution in [0.15, 0.2) is 18.2 Å². The lowest BCUT2D eigenvalue weighted by atomic mass is 10.1. The molecule has 1 aromatic rings. The second kappa shape index (κ2) is 6.63. The van der Waals surface area contributed by atoms with Crippen LogP contribution in [0.1, 0.15) is 53.2 Å². The summed E-state index contributed by atoms with van der Waals surface area (Å²) in [5.74, 6) is 1.66. The van der Waals surface area contributed by atoms with Gasteiger partial charge in [0.05, 0.1) is 7.11 Å². The number of methoxy groups -OCH3 is 1. The van der Waals surface area contributed by atoms with E-state index in [1.807, 2.05) is 12.1 Å². The Bertz CT molecular complexity index is 489. The van der Waals surface area contributed by atoms with Gasteiger partial charge in [-0.05, 0) is 22.7 Å². The van der Waals surface area contributed by atoms with Gasteiger partial charge < -0.3 is 13.9 Å². The van der Waals surface area contributed by atoms with E-state index in [1.54, 1.807) is 7.11 Å². The predicted molar refractivity (Wildman–Crippen MR) is 93.4 cm³/mol. The van der Waals surface area contributed by atoms with Gasteiger partial charge in [-0.15, -0.1) is 0 Å². The number of hydrogen-bond donors (Lipinski definition) is 0. The molecule has 3 nitrogen and oxygen atoms in total. The lowest BCUT2D eigenvalue weighted by Crippen LogP contribution is -2.48. The summed E-state index contributed by atoms with van der Waals surface area (Å²) in [6.07, 6.45) is 0.0315. The van der Waals surface area contributed by atoms with E-state index in [9.17, 15) is 0 Å². The highest BCUT2D eigenvalue weighted by atomic mass is 28.4. The van der Waals surface area contributed by atoms with Crippen LogP contribution < -0.4 is 9.47 Å². The molecule has 0 radical (unpaired) electrons. The van der Waals surface area contributed by atoms with Crippen molar-refractivity contribution >= 4 is 8.32 Å². The molecule has 1 aromatic carbocycles. The molecule has 1 heterocycles. The summed E-state index contributed by atoms with van der Waals surface area (Å²) in [5.41, 5.74) is 2.85. The largest absolute Gasteiger partial charge is 0.493 e. The predicted octanol–water partition coefficient (Wildman–Crippen LogP) is 5.32. The number of benzene rings is 1. The van der Waals surface area contributed by atoms with Crippen LogP contribution in [0.4, 0.5) is 0 Å². The smallest absolute Gasteiger partial charge is 0.201 e. The van der Waals surface area contributed by atoms with Crippen LogP contribution in [-0.4, -0.2) is 22.0 Å². The average molecular weight is 323 g/mol. The van der Waals surface area contributed by atoms with E-state index in [4.69, 9.17) is 13.9 Å². The van der Waals surface area contributed by atoms with Crippen molar-refractivity contribution in [3.8, 4) is 11.5 Å². The molecule has 0 saturated heterocycles. The molecular weight excluding hydrogens is 292 g/mol. The molecule has 0 N–H and O–H groups in total. The quantitative estimate of drug-likeness (QED) is 0.663. The second-order valence-corrected chi connectivity index (χ2v) is 12.5. The zero-order valence-electron chi connectivity index (χ0n) is 15.0. The molecule has 0 saturated carbocycles. The van der Waals surface area contributed by atoms with E-state index in [-0.39, 0.29) is 6.10 Å². The second-order valence-electron chi connectivity index (χ2n) is 7.11. The van der Waals surface area contributed by atoms with Crippen LogP contribution in [-0.2, 0) is 4.43 Å². The fourth-order valence-corrected chi connectivity index (χ4v) is 9.61. The monoisotopic (exact) mass is 322 g/mol. The van der Waals surface area contributed by atoms with Gasteiger partial charge in [-0.1, -0.05) is 53.7 Å². The molecule has 0 spiro atoms. The van der Waals surface area contributed by atoms with Gasteiger partial charge in [-0.2, -0.15) is 0 Å². The molecule has 1 aliphatic rings. The Morgan fingerprint density at radius 1 is 1.05 bits per heavy atom. The van der Waals surface area contributed by atoms with Gasteiger partial charge in [0.1, 0.15) is 12.7 Å². The van der Waals surface area contributed by atoms with Crippen molar-refractivity contribution in [1.29, 1.82) is 0 Å². The summed E-state index contributed by atoms with van der Waals surface area (Å²) >= 11 is 0. The molecule has 124 valence electrons. The van der Waals surface area contributed by atoms with Gasteiger partial charge in [0.15, 0.2) is 11.5 Å². The summed E-state index contributed by atoms with van der Waals surface area (Å²) in [6.45, 7) is 14.5. The maximum Gasteiger partial charge on any atom is 0.201 e. The van der Waals surface area contributed by atoms with Gasteiger partial charge in [0, 0.05) is 5.56 Å². The third kappa shape index (κ3) is 2.79. The fourth-order valence-electron chi connectivity index (χ4n) is 4.10. The Morgan fingerprint density at radius 2 is 1.64 bits per heavy atom. The van der Waals surface area contributed by atoms with Crippen molar-refractivity contribution in [3.05, 3.63) is 23.8 Å². The maximum absolute atomic E-state index is 6.87. The highest BCUT2D eigenvalue weighted by Gasteiger charge is 2.48. The normalized spacial score (nSPS) is 18.0. The summed E-state index contributed by atoms with van der Waals surface area (Å²) < 4.78 is 18.2. The molecule has 1 atom stereocenters. The maximum atomic E-state index is 6.87. The Morgan fingerprint density at radius 3 is 2.14 bits per heavy atom. The zero-order valence-corrected chi connectivity index (χ0v) is 16.0. The van der Waals surface area contributed by atoms with Gasteiger partial charge in [0.25, 0.3) is 0 Å². The summed E-state index contributed by atoms with van der Waals surface area (Å²) in [4.78, 5) is 0. The van der Waals surface area contributed by atoms with Crippen LogP contribution >= 0.6 is 0 Å². The molecule has 0 amide bonds. The van der Waals surface area contributed by atoms with Crippen molar-refractivity contribution in [2.24, 2.45) is 0 Å². The van der Waals surface area contributed by atoms with E-state index in [2.05, 4.69) is 47.6 Å². The SMILES string of the molecule is COc1cccc2c1OCC2O[Si](C(C)C)(C(C)C)C(C)C. The molecule has 0 aromatic heterocycles. The first-order valence-electron chi connectivity index (χ1n) is 8.32. The van der Waals surface area contributed by atoms with Crippen LogP contribution in [0, 0.1) is 0 Å². The first kappa shape index (κ1) is 17.4. The van der Waals surface area contributed by atoms with Crippen molar-refractivity contribution in [2.45, 2.75) is 64.3 Å². The molecule has 22 heavy (non-hydrogen) atoms. The number of fused-ring (bicyclic) bond motifs is 1.